The summed E-state index contributed by atoms with van der Waals surface area (Å²) in [5.74, 6) is -0.521. The van der Waals surface area contributed by atoms with Gasteiger partial charge in [0.1, 0.15) is 18.1 Å². The number of carbonyl (C=O) groups excluding carboxylic acids is 2. The van der Waals surface area contributed by atoms with E-state index in [9.17, 15) is 9.59 Å². The van der Waals surface area contributed by atoms with Crippen LogP contribution in [0.2, 0.25) is 0 Å². The Labute approximate surface area is 260 Å². The van der Waals surface area contributed by atoms with Crippen LogP contribution in [0.4, 0.5) is 0 Å². The van der Waals surface area contributed by atoms with Gasteiger partial charge in [-0.15, -0.1) is 5.10 Å². The van der Waals surface area contributed by atoms with Gasteiger partial charge in [-0.05, 0) is 67.3 Å². The molecular weight excluding hydrogens is 566 g/mol. The minimum atomic E-state index is -0.915. The number of aryl methyl sites for hydroxylation is 1. The quantitative estimate of drug-likeness (QED) is 0.236. The van der Waals surface area contributed by atoms with Crippen molar-refractivity contribution < 1.29 is 14.3 Å². The molecule has 0 radical (unpaired) electrons. The molecule has 0 spiro atoms. The first-order valence-corrected chi connectivity index (χ1v) is 15.5. The van der Waals surface area contributed by atoms with Gasteiger partial charge in [-0.25, -0.2) is 4.68 Å². The van der Waals surface area contributed by atoms with Crippen molar-refractivity contribution in [2.75, 3.05) is 13.2 Å². The monoisotopic (exact) mass is 601 g/mol. The van der Waals surface area contributed by atoms with Crippen LogP contribution in [-0.2, 0) is 34.0 Å². The lowest BCUT2D eigenvalue weighted by molar-refractivity contribution is -0.142. The van der Waals surface area contributed by atoms with Gasteiger partial charge < -0.3 is 19.5 Å². The van der Waals surface area contributed by atoms with E-state index in [-0.39, 0.29) is 31.0 Å². The van der Waals surface area contributed by atoms with Gasteiger partial charge in [0.15, 0.2) is 0 Å². The maximum Gasteiger partial charge on any atom is 0.247 e. The Balaban J connectivity index is 1.33. The van der Waals surface area contributed by atoms with E-state index in [4.69, 9.17) is 4.74 Å². The molecule has 0 unspecified atom stereocenters. The SMILES string of the molecule is CCn1c2ccccc2c2cc([C@@H](C(=O)NC[C@@H]3CCCO3)N(Cc3cccnc3)C(=O)Cn3nnc4ccccc43)ccc21. The van der Waals surface area contributed by atoms with Gasteiger partial charge >= 0.3 is 0 Å². The summed E-state index contributed by atoms with van der Waals surface area (Å²) < 4.78 is 9.66. The Morgan fingerprint density at radius 2 is 1.82 bits per heavy atom. The molecule has 4 heterocycles. The first-order chi connectivity index (χ1) is 22.1. The lowest BCUT2D eigenvalue weighted by Crippen LogP contribution is -2.46. The van der Waals surface area contributed by atoms with E-state index in [1.165, 1.54) is 0 Å². The Kier molecular flexibility index (Phi) is 7.96. The summed E-state index contributed by atoms with van der Waals surface area (Å²) in [5, 5.41) is 13.8. The van der Waals surface area contributed by atoms with E-state index in [1.807, 2.05) is 54.6 Å². The van der Waals surface area contributed by atoms with E-state index in [0.717, 1.165) is 57.8 Å². The van der Waals surface area contributed by atoms with Crippen molar-refractivity contribution in [3.8, 4) is 0 Å². The Bertz CT molecular complexity index is 1980. The molecule has 6 aromatic rings. The first-order valence-electron chi connectivity index (χ1n) is 15.5. The number of benzene rings is 3. The number of nitrogens with zero attached hydrogens (tertiary/aromatic N) is 6. The van der Waals surface area contributed by atoms with Crippen LogP contribution in [0.5, 0.6) is 0 Å². The van der Waals surface area contributed by atoms with Gasteiger partial charge in [0.05, 0.1) is 11.6 Å². The molecule has 0 bridgehead atoms. The maximum absolute atomic E-state index is 14.4. The van der Waals surface area contributed by atoms with Crippen molar-refractivity contribution in [3.63, 3.8) is 0 Å². The molecule has 2 amide bonds. The zero-order valence-electron chi connectivity index (χ0n) is 25.2. The van der Waals surface area contributed by atoms with E-state index in [2.05, 4.69) is 56.4 Å². The first kappa shape index (κ1) is 28.7. The molecule has 0 aliphatic carbocycles. The smallest absolute Gasteiger partial charge is 0.247 e. The summed E-state index contributed by atoms with van der Waals surface area (Å²) >= 11 is 0. The molecule has 1 aliphatic rings. The second-order valence-corrected chi connectivity index (χ2v) is 11.4. The summed E-state index contributed by atoms with van der Waals surface area (Å²) in [6.07, 6.45) is 5.25. The lowest BCUT2D eigenvalue weighted by atomic mass is 10.00. The molecule has 7 rings (SSSR count). The second kappa shape index (κ2) is 12.5. The number of fused-ring (bicyclic) bond motifs is 4. The van der Waals surface area contributed by atoms with Crippen molar-refractivity contribution >= 4 is 44.7 Å². The van der Waals surface area contributed by atoms with Gasteiger partial charge in [0.2, 0.25) is 11.8 Å². The molecular formula is C35H35N7O3. The van der Waals surface area contributed by atoms with Gasteiger partial charge in [-0.3, -0.25) is 14.6 Å². The van der Waals surface area contributed by atoms with Gasteiger partial charge in [0.25, 0.3) is 0 Å². The van der Waals surface area contributed by atoms with Crippen molar-refractivity contribution in [2.45, 2.75) is 51.5 Å². The van der Waals surface area contributed by atoms with Crippen molar-refractivity contribution in [1.29, 1.82) is 0 Å². The molecule has 3 aromatic carbocycles. The highest BCUT2D eigenvalue weighted by molar-refractivity contribution is 6.08. The molecule has 3 aromatic heterocycles. The molecule has 2 atom stereocenters. The Hall–Kier alpha value is -5.09. The summed E-state index contributed by atoms with van der Waals surface area (Å²) in [6, 6.07) is 24.7. The van der Waals surface area contributed by atoms with Crippen LogP contribution in [0, 0.1) is 0 Å². The van der Waals surface area contributed by atoms with E-state index in [1.54, 1.807) is 22.0 Å². The summed E-state index contributed by atoms with van der Waals surface area (Å²) in [7, 11) is 0. The fourth-order valence-electron chi connectivity index (χ4n) is 6.44. The van der Waals surface area contributed by atoms with Crippen molar-refractivity contribution in [1.82, 2.24) is 34.8 Å². The fourth-order valence-corrected chi connectivity index (χ4v) is 6.44. The van der Waals surface area contributed by atoms with Crippen LogP contribution in [-0.4, -0.2) is 60.5 Å². The minimum Gasteiger partial charge on any atom is -0.376 e. The van der Waals surface area contributed by atoms with E-state index in [0.29, 0.717) is 18.7 Å². The largest absolute Gasteiger partial charge is 0.376 e. The molecule has 10 nitrogen and oxygen atoms in total. The summed E-state index contributed by atoms with van der Waals surface area (Å²) in [6.45, 7) is 4.13. The van der Waals surface area contributed by atoms with Crippen molar-refractivity contribution in [2.24, 2.45) is 0 Å². The van der Waals surface area contributed by atoms with Crippen LogP contribution in [0.3, 0.4) is 0 Å². The fraction of sp³-hybridized carbons (Fsp3) is 0.286. The van der Waals surface area contributed by atoms with E-state index >= 15 is 0 Å². The summed E-state index contributed by atoms with van der Waals surface area (Å²) in [4.78, 5) is 34.6. The molecule has 1 aliphatic heterocycles. The molecule has 1 saturated heterocycles. The van der Waals surface area contributed by atoms with Crippen LogP contribution in [0.25, 0.3) is 32.8 Å². The molecule has 1 N–H and O–H groups in total. The lowest BCUT2D eigenvalue weighted by Gasteiger charge is -2.32. The van der Waals surface area contributed by atoms with Crippen LogP contribution < -0.4 is 5.32 Å². The van der Waals surface area contributed by atoms with E-state index < -0.39 is 6.04 Å². The number of ether oxygens (including phenoxy) is 1. The molecule has 1 fully saturated rings. The molecule has 10 heteroatoms. The van der Waals surface area contributed by atoms with Crippen LogP contribution >= 0.6 is 0 Å². The number of hydrogen-bond donors (Lipinski definition) is 1. The zero-order valence-corrected chi connectivity index (χ0v) is 25.2. The zero-order chi connectivity index (χ0) is 30.8. The van der Waals surface area contributed by atoms with Gasteiger partial charge in [-0.1, -0.05) is 47.7 Å². The number of carbonyl (C=O) groups is 2. The standard InChI is InChI=1S/C35H35N7O3/c1-2-40-30-13-5-3-11-27(30)28-19-25(15-16-31(28)40)34(35(44)37-21-26-10-8-18-45-26)41(22-24-9-7-17-36-20-24)33(43)23-42-32-14-6-4-12-29(32)38-39-42/h3-7,9,11-17,19-20,26,34H,2,8,10,18,21-23H2,1H3,(H,37,44)/t26-,34-/m0/s1. The predicted molar refractivity (Wildman–Crippen MR) is 172 cm³/mol. The topological polar surface area (TPSA) is 107 Å². The summed E-state index contributed by atoms with van der Waals surface area (Å²) in [5.41, 5.74) is 5.21. The third kappa shape index (κ3) is 5.64. The number of hydrogen-bond acceptors (Lipinski definition) is 6. The predicted octanol–water partition coefficient (Wildman–Crippen LogP) is 5.02. The number of rotatable bonds is 10. The molecule has 228 valence electrons. The Morgan fingerprint density at radius 1 is 1.00 bits per heavy atom. The number of amides is 2. The van der Waals surface area contributed by atoms with Gasteiger partial charge in [-0.2, -0.15) is 0 Å². The third-order valence-corrected chi connectivity index (χ3v) is 8.62. The number of aromatic nitrogens is 5. The van der Waals surface area contributed by atoms with Crippen LogP contribution in [0.1, 0.15) is 36.9 Å². The second-order valence-electron chi connectivity index (χ2n) is 11.4. The average Bonchev–Trinajstić information content (AvgIpc) is 3.82. The maximum atomic E-state index is 14.4. The normalized spacial score (nSPS) is 15.5. The minimum absolute atomic E-state index is 0.0383. The van der Waals surface area contributed by atoms with Crippen LogP contribution in [0.15, 0.2) is 91.3 Å². The number of nitrogens with one attached hydrogen (secondary N) is 1. The third-order valence-electron chi connectivity index (χ3n) is 8.62. The molecule has 0 saturated carbocycles. The van der Waals surface area contributed by atoms with Gasteiger partial charge in [0, 0.05) is 60.4 Å². The van der Waals surface area contributed by atoms with Crippen molar-refractivity contribution in [3.05, 3.63) is 102 Å². The highest BCUT2D eigenvalue weighted by atomic mass is 16.5. The highest BCUT2D eigenvalue weighted by Gasteiger charge is 2.33. The number of pyridine rings is 1. The molecule has 45 heavy (non-hydrogen) atoms. The highest BCUT2D eigenvalue weighted by Crippen LogP contribution is 2.33. The Morgan fingerprint density at radius 3 is 2.62 bits per heavy atom. The number of para-hydroxylation sites is 2. The average molecular weight is 602 g/mol.